The molecule has 0 aliphatic carbocycles. The highest BCUT2D eigenvalue weighted by Crippen LogP contribution is 2.32. The molecule has 0 bridgehead atoms. The summed E-state index contributed by atoms with van der Waals surface area (Å²) in [6.45, 7) is 8.94. The van der Waals surface area contributed by atoms with Gasteiger partial charge in [-0.05, 0) is 55.5 Å². The first-order valence-corrected chi connectivity index (χ1v) is 8.26. The second-order valence-corrected chi connectivity index (χ2v) is 6.74. The van der Waals surface area contributed by atoms with Crippen LogP contribution < -0.4 is 15.4 Å². The van der Waals surface area contributed by atoms with Crippen molar-refractivity contribution in [2.45, 2.75) is 27.5 Å². The third-order valence-corrected chi connectivity index (χ3v) is 5.41. The summed E-state index contributed by atoms with van der Waals surface area (Å²) in [5.74, 6) is 0. The lowest BCUT2D eigenvalue weighted by Crippen LogP contribution is -2.61. The van der Waals surface area contributed by atoms with E-state index in [2.05, 4.69) is 49.6 Å². The van der Waals surface area contributed by atoms with Gasteiger partial charge in [0.25, 0.3) is 6.85 Å². The monoisotopic (exact) mass is 330 g/mol. The molecule has 0 saturated heterocycles. The van der Waals surface area contributed by atoms with E-state index in [0.29, 0.717) is 0 Å². The lowest BCUT2D eigenvalue weighted by Gasteiger charge is -2.41. The minimum absolute atomic E-state index is 0.164. The fraction of sp³-hybridized carbons (Fsp3) is 0.250. The van der Waals surface area contributed by atoms with Gasteiger partial charge in [0.1, 0.15) is 0 Å². The molecule has 0 saturated carbocycles. The number of anilines is 2. The second kappa shape index (κ2) is 5.75. The van der Waals surface area contributed by atoms with Crippen molar-refractivity contribution in [2.24, 2.45) is 0 Å². The first-order chi connectivity index (χ1) is 10.4. The Balaban J connectivity index is 2.12. The van der Waals surface area contributed by atoms with Crippen molar-refractivity contribution < 1.29 is 0 Å². The van der Waals surface area contributed by atoms with E-state index in [-0.39, 0.29) is 13.8 Å². The summed E-state index contributed by atoms with van der Waals surface area (Å²) in [5, 5.41) is 5.20. The van der Waals surface area contributed by atoms with Crippen LogP contribution in [0, 0.1) is 13.8 Å². The minimum atomic E-state index is 0.164. The molecule has 1 aliphatic heterocycles. The smallest absolute Gasteiger partial charge is 0.356 e. The van der Waals surface area contributed by atoms with Crippen LogP contribution in [0.25, 0.3) is 0 Å². The van der Waals surface area contributed by atoms with Crippen LogP contribution in [-0.4, -0.2) is 13.8 Å². The van der Waals surface area contributed by atoms with Gasteiger partial charge >= 0.3 is 6.98 Å². The Morgan fingerprint density at radius 1 is 0.955 bits per heavy atom. The zero-order chi connectivity index (χ0) is 16.0. The molecule has 6 heteroatoms. The van der Waals surface area contributed by atoms with Crippen molar-refractivity contribution in [1.82, 2.24) is 0 Å². The fourth-order valence-electron chi connectivity index (χ4n) is 3.30. The molecular formula is C16H18B2Cl2N2. The Morgan fingerprint density at radius 2 is 1.64 bits per heavy atom. The third kappa shape index (κ3) is 2.39. The molecular weight excluding hydrogens is 313 g/mol. The third-order valence-electron chi connectivity index (χ3n) is 4.59. The molecule has 1 aliphatic rings. The van der Waals surface area contributed by atoms with Gasteiger partial charge in [-0.15, -0.1) is 0 Å². The van der Waals surface area contributed by atoms with Crippen molar-refractivity contribution in [2.75, 3.05) is 9.95 Å². The van der Waals surface area contributed by atoms with Crippen LogP contribution in [0.5, 0.6) is 0 Å². The Morgan fingerprint density at radius 3 is 2.36 bits per heavy atom. The van der Waals surface area contributed by atoms with Gasteiger partial charge in [0.15, 0.2) is 0 Å². The van der Waals surface area contributed by atoms with Gasteiger partial charge in [0, 0.05) is 21.4 Å². The van der Waals surface area contributed by atoms with Gasteiger partial charge in [0.05, 0.1) is 0 Å². The maximum Gasteiger partial charge on any atom is 0.356 e. The molecule has 2 aromatic carbocycles. The summed E-state index contributed by atoms with van der Waals surface area (Å²) in [4.78, 5) is 0. The van der Waals surface area contributed by atoms with Crippen LogP contribution in [0.15, 0.2) is 30.3 Å². The van der Waals surface area contributed by atoms with E-state index in [0.717, 1.165) is 26.9 Å². The summed E-state index contributed by atoms with van der Waals surface area (Å²) in [5.41, 5.74) is 5.81. The first kappa shape index (κ1) is 15.6. The van der Waals surface area contributed by atoms with Gasteiger partial charge in [-0.2, -0.15) is 0 Å². The summed E-state index contributed by atoms with van der Waals surface area (Å²) in [6.07, 6.45) is 0. The standard InChI is InChI=1S/C16H18B2Cl2N2/c1-10-13(19)6-5-7-15(10)22-17(3)12-8-9-14(20)11(2)16(12)21-18(22)4/h5-9,21H,1-4H3. The molecule has 3 rings (SSSR count). The highest BCUT2D eigenvalue weighted by Gasteiger charge is 2.36. The van der Waals surface area contributed by atoms with E-state index in [1.165, 1.54) is 11.2 Å². The van der Waals surface area contributed by atoms with Crippen LogP contribution in [0.4, 0.5) is 11.4 Å². The maximum absolute atomic E-state index is 6.31. The Hall–Kier alpha value is -1.25. The van der Waals surface area contributed by atoms with Crippen molar-refractivity contribution in [1.29, 1.82) is 0 Å². The Kier molecular flexibility index (Phi) is 4.09. The molecule has 0 amide bonds. The second-order valence-electron chi connectivity index (χ2n) is 5.92. The average molecular weight is 331 g/mol. The van der Waals surface area contributed by atoms with Crippen molar-refractivity contribution in [3.05, 3.63) is 51.5 Å². The van der Waals surface area contributed by atoms with E-state index in [1.54, 1.807) is 0 Å². The molecule has 0 unspecified atom stereocenters. The largest absolute Gasteiger partial charge is 0.438 e. The summed E-state index contributed by atoms with van der Waals surface area (Å²) < 4.78 is 2.37. The summed E-state index contributed by atoms with van der Waals surface area (Å²) in [6, 6.07) is 10.2. The quantitative estimate of drug-likeness (QED) is 0.775. The van der Waals surface area contributed by atoms with E-state index >= 15 is 0 Å². The first-order valence-electron chi connectivity index (χ1n) is 7.50. The topological polar surface area (TPSA) is 15.3 Å². The van der Waals surface area contributed by atoms with Crippen LogP contribution >= 0.6 is 23.2 Å². The number of nitrogens with one attached hydrogen (secondary N) is 1. The highest BCUT2D eigenvalue weighted by atomic mass is 35.5. The minimum Gasteiger partial charge on any atom is -0.438 e. The SMILES string of the molecule is CB1Nc2c(ccc(Cl)c2C)B(C)N1c1cccc(Cl)c1C. The van der Waals surface area contributed by atoms with Gasteiger partial charge in [0.2, 0.25) is 0 Å². The number of halogens is 2. The molecule has 112 valence electrons. The van der Waals surface area contributed by atoms with Crippen molar-refractivity contribution in [3.63, 3.8) is 0 Å². The molecule has 2 aromatic rings. The average Bonchev–Trinajstić information content (AvgIpc) is 2.48. The Labute approximate surface area is 143 Å². The molecule has 1 heterocycles. The molecule has 0 radical (unpaired) electrons. The molecule has 0 spiro atoms. The zero-order valence-corrected chi connectivity index (χ0v) is 14.8. The van der Waals surface area contributed by atoms with Crippen LogP contribution in [-0.2, 0) is 0 Å². The van der Waals surface area contributed by atoms with Gasteiger partial charge in [-0.3, -0.25) is 0 Å². The number of rotatable bonds is 1. The molecule has 2 nitrogen and oxygen atoms in total. The van der Waals surface area contributed by atoms with Crippen LogP contribution in [0.3, 0.4) is 0 Å². The lowest BCUT2D eigenvalue weighted by molar-refractivity contribution is 1.35. The van der Waals surface area contributed by atoms with Gasteiger partial charge in [-0.1, -0.05) is 42.2 Å². The molecule has 0 aromatic heterocycles. The Bertz CT molecular complexity index is 736. The molecule has 22 heavy (non-hydrogen) atoms. The normalized spacial score (nSPS) is 14.0. The summed E-state index contributed by atoms with van der Waals surface area (Å²) >= 11 is 12.6. The zero-order valence-electron chi connectivity index (χ0n) is 13.2. The van der Waals surface area contributed by atoms with Gasteiger partial charge in [-0.25, -0.2) is 0 Å². The van der Waals surface area contributed by atoms with Crippen molar-refractivity contribution in [3.8, 4) is 0 Å². The van der Waals surface area contributed by atoms with E-state index in [4.69, 9.17) is 23.2 Å². The number of hydrogen-bond donors (Lipinski definition) is 1. The van der Waals surface area contributed by atoms with Gasteiger partial charge < -0.3 is 9.95 Å². The molecule has 1 N–H and O–H groups in total. The number of benzene rings is 2. The number of hydrogen-bond acceptors (Lipinski definition) is 2. The van der Waals surface area contributed by atoms with E-state index in [1.807, 2.05) is 18.2 Å². The summed E-state index contributed by atoms with van der Waals surface area (Å²) in [7, 11) is 0. The molecule has 0 atom stereocenters. The highest BCUT2D eigenvalue weighted by molar-refractivity contribution is 6.93. The van der Waals surface area contributed by atoms with E-state index in [9.17, 15) is 0 Å². The fourth-order valence-corrected chi connectivity index (χ4v) is 3.63. The predicted octanol–water partition coefficient (Wildman–Crippen LogP) is 4.49. The van der Waals surface area contributed by atoms with Crippen LogP contribution in [0.2, 0.25) is 23.7 Å². The predicted molar refractivity (Wildman–Crippen MR) is 101 cm³/mol. The number of fused-ring (bicyclic) bond motifs is 1. The maximum atomic E-state index is 6.31. The lowest BCUT2D eigenvalue weighted by atomic mass is 9.46. The van der Waals surface area contributed by atoms with Crippen LogP contribution in [0.1, 0.15) is 11.1 Å². The molecule has 0 fully saturated rings. The number of nitrogens with zero attached hydrogens (tertiary/aromatic N) is 1. The van der Waals surface area contributed by atoms with Crippen molar-refractivity contribution >= 4 is 53.9 Å². The van der Waals surface area contributed by atoms with E-state index < -0.39 is 0 Å².